The summed E-state index contributed by atoms with van der Waals surface area (Å²) < 4.78 is 43.3. The molecular weight excluding hydrogens is 439 g/mol. The van der Waals surface area contributed by atoms with Crippen LogP contribution in [0.1, 0.15) is 23.7 Å². The van der Waals surface area contributed by atoms with Gasteiger partial charge in [0, 0.05) is 34.7 Å². The van der Waals surface area contributed by atoms with E-state index >= 15 is 0 Å². The molecule has 0 unspecified atom stereocenters. The highest BCUT2D eigenvalue weighted by molar-refractivity contribution is 7.13. The number of aromatic nitrogens is 4. The number of benzene rings is 1. The van der Waals surface area contributed by atoms with Gasteiger partial charge in [-0.25, -0.2) is 14.6 Å². The predicted molar refractivity (Wildman–Crippen MR) is 118 cm³/mol. The fourth-order valence-electron chi connectivity index (χ4n) is 3.36. The van der Waals surface area contributed by atoms with E-state index in [1.54, 1.807) is 23.9 Å². The van der Waals surface area contributed by atoms with Crippen LogP contribution in [0.15, 0.2) is 48.1 Å². The zero-order valence-electron chi connectivity index (χ0n) is 17.6. The second-order valence-corrected chi connectivity index (χ2v) is 7.99. The van der Waals surface area contributed by atoms with E-state index in [1.165, 1.54) is 23.5 Å². The average molecular weight is 459 g/mol. The topological polar surface area (TPSA) is 64.9 Å². The summed E-state index contributed by atoms with van der Waals surface area (Å²) in [6.07, 6.45) is -0.442. The summed E-state index contributed by atoms with van der Waals surface area (Å²) in [4.78, 5) is 8.93. The van der Waals surface area contributed by atoms with Gasteiger partial charge in [-0.1, -0.05) is 6.92 Å². The third-order valence-corrected chi connectivity index (χ3v) is 5.55. The van der Waals surface area contributed by atoms with E-state index in [1.807, 2.05) is 37.6 Å². The van der Waals surface area contributed by atoms with Gasteiger partial charge in [0.1, 0.15) is 22.3 Å². The summed E-state index contributed by atoms with van der Waals surface area (Å²) in [5.74, 6) is 0.363. The Morgan fingerprint density at radius 3 is 2.62 bits per heavy atom. The molecule has 166 valence electrons. The molecule has 0 aliphatic carbocycles. The monoisotopic (exact) mass is 459 g/mol. The predicted octanol–water partition coefficient (Wildman–Crippen LogP) is 6.21. The van der Waals surface area contributed by atoms with Crippen molar-refractivity contribution in [2.75, 3.05) is 5.32 Å². The Morgan fingerprint density at radius 1 is 1.16 bits per heavy atom. The molecule has 1 N–H and O–H groups in total. The Kier molecular flexibility index (Phi) is 5.88. The van der Waals surface area contributed by atoms with Crippen molar-refractivity contribution in [1.82, 2.24) is 19.7 Å². The van der Waals surface area contributed by atoms with Gasteiger partial charge in [-0.2, -0.15) is 5.10 Å². The van der Waals surface area contributed by atoms with E-state index in [0.717, 1.165) is 27.6 Å². The number of alkyl halides is 3. The zero-order valence-corrected chi connectivity index (χ0v) is 18.4. The molecule has 32 heavy (non-hydrogen) atoms. The molecule has 0 fully saturated rings. The van der Waals surface area contributed by atoms with Crippen molar-refractivity contribution in [1.29, 1.82) is 0 Å². The Bertz CT molecular complexity index is 1240. The minimum absolute atomic E-state index is 0.264. The number of nitrogens with one attached hydrogen (secondary N) is 1. The molecule has 0 aliphatic heterocycles. The molecule has 0 aliphatic rings. The summed E-state index contributed by atoms with van der Waals surface area (Å²) in [5.41, 5.74) is 4.60. The smallest absolute Gasteiger partial charge is 0.406 e. The quantitative estimate of drug-likeness (QED) is 0.371. The first-order valence-electron chi connectivity index (χ1n) is 9.83. The lowest BCUT2D eigenvalue weighted by molar-refractivity contribution is -0.274. The van der Waals surface area contributed by atoms with E-state index < -0.39 is 6.36 Å². The first kappa shape index (κ1) is 21.8. The van der Waals surface area contributed by atoms with Gasteiger partial charge in [-0.15, -0.1) is 24.5 Å². The highest BCUT2D eigenvalue weighted by atomic mass is 32.1. The van der Waals surface area contributed by atoms with Gasteiger partial charge in [0.25, 0.3) is 0 Å². The molecule has 3 aromatic heterocycles. The van der Waals surface area contributed by atoms with Crippen LogP contribution < -0.4 is 10.1 Å². The lowest BCUT2D eigenvalue weighted by Crippen LogP contribution is -2.17. The second-order valence-electron chi connectivity index (χ2n) is 7.10. The lowest BCUT2D eigenvalue weighted by Gasteiger charge is -2.17. The summed E-state index contributed by atoms with van der Waals surface area (Å²) in [5, 5.41) is 10.7. The molecule has 0 saturated carbocycles. The molecule has 0 spiro atoms. The summed E-state index contributed by atoms with van der Waals surface area (Å²) >= 11 is 1.52. The van der Waals surface area contributed by atoms with Gasteiger partial charge >= 0.3 is 6.36 Å². The van der Waals surface area contributed by atoms with Gasteiger partial charge in [0.2, 0.25) is 0 Å². The maximum atomic E-state index is 12.5. The van der Waals surface area contributed by atoms with Crippen molar-refractivity contribution in [2.24, 2.45) is 0 Å². The van der Waals surface area contributed by atoms with E-state index in [9.17, 15) is 13.2 Å². The number of rotatable bonds is 6. The van der Waals surface area contributed by atoms with Gasteiger partial charge in [0.15, 0.2) is 0 Å². The number of pyridine rings is 1. The first-order valence-corrected chi connectivity index (χ1v) is 10.7. The second kappa shape index (κ2) is 8.62. The highest BCUT2D eigenvalue weighted by Crippen LogP contribution is 2.31. The third-order valence-electron chi connectivity index (χ3n) is 4.75. The molecule has 6 nitrogen and oxygen atoms in total. The number of anilines is 2. The van der Waals surface area contributed by atoms with Crippen LogP contribution in [0.3, 0.4) is 0 Å². The molecule has 1 aromatic carbocycles. The average Bonchev–Trinajstić information content (AvgIpc) is 3.40. The Balaban J connectivity index is 1.68. The van der Waals surface area contributed by atoms with Crippen molar-refractivity contribution in [2.45, 2.75) is 33.6 Å². The molecule has 10 heteroatoms. The Morgan fingerprint density at radius 2 is 1.97 bits per heavy atom. The van der Waals surface area contributed by atoms with E-state index in [4.69, 9.17) is 0 Å². The van der Waals surface area contributed by atoms with Crippen LogP contribution in [0.2, 0.25) is 0 Å². The van der Waals surface area contributed by atoms with Crippen LogP contribution in [0.5, 0.6) is 5.75 Å². The highest BCUT2D eigenvalue weighted by Gasteiger charge is 2.31. The maximum Gasteiger partial charge on any atom is 0.573 e. The molecule has 0 atom stereocenters. The number of aryl methyl sites for hydroxylation is 2. The van der Waals surface area contributed by atoms with E-state index in [-0.39, 0.29) is 5.75 Å². The number of thiazole rings is 1. The molecule has 0 bridgehead atoms. The van der Waals surface area contributed by atoms with Crippen molar-refractivity contribution >= 4 is 22.8 Å². The van der Waals surface area contributed by atoms with Crippen LogP contribution >= 0.6 is 11.3 Å². The van der Waals surface area contributed by atoms with E-state index in [0.29, 0.717) is 23.5 Å². The van der Waals surface area contributed by atoms with Gasteiger partial charge < -0.3 is 10.1 Å². The van der Waals surface area contributed by atoms with Gasteiger partial charge in [-0.3, -0.25) is 0 Å². The van der Waals surface area contributed by atoms with Crippen LogP contribution in [-0.2, 0) is 6.42 Å². The molecule has 0 radical (unpaired) electrons. The third kappa shape index (κ3) is 4.75. The number of ether oxygens (including phenoxy) is 1. The fraction of sp³-hybridized carbons (Fsp3) is 0.227. The van der Waals surface area contributed by atoms with Gasteiger partial charge in [-0.05, 0) is 56.2 Å². The molecule has 0 amide bonds. The summed E-state index contributed by atoms with van der Waals surface area (Å²) in [6.45, 7) is 5.60. The minimum atomic E-state index is -4.73. The van der Waals surface area contributed by atoms with Crippen LogP contribution in [0.25, 0.3) is 16.4 Å². The SMILES string of the molecule is CCc1c(-n2ccc(-c3nccs3)n2)cc(C)nc1Nc1ccc(OC(F)(F)F)cc1C. The molecule has 3 heterocycles. The number of nitrogens with zero attached hydrogens (tertiary/aromatic N) is 4. The molecular formula is C22H20F3N5OS. The van der Waals surface area contributed by atoms with Crippen LogP contribution in [0.4, 0.5) is 24.7 Å². The summed E-state index contributed by atoms with van der Waals surface area (Å²) in [7, 11) is 0. The standard InChI is InChI=1S/C22H20F3N5OS/c1-4-16-19(30-9-7-18(29-30)21-26-8-10-32-21)12-14(3)27-20(16)28-17-6-5-15(11-13(17)2)31-22(23,24)25/h5-12H,4H2,1-3H3,(H,27,28). The Labute approximate surface area is 186 Å². The van der Waals surface area contributed by atoms with Crippen molar-refractivity contribution in [3.63, 3.8) is 0 Å². The zero-order chi connectivity index (χ0) is 22.9. The van der Waals surface area contributed by atoms with Crippen molar-refractivity contribution < 1.29 is 17.9 Å². The minimum Gasteiger partial charge on any atom is -0.406 e. The van der Waals surface area contributed by atoms with Gasteiger partial charge in [0.05, 0.1) is 5.69 Å². The fourth-order valence-corrected chi connectivity index (χ4v) is 3.96. The van der Waals surface area contributed by atoms with Crippen LogP contribution in [-0.4, -0.2) is 26.1 Å². The maximum absolute atomic E-state index is 12.5. The molecule has 0 saturated heterocycles. The molecule has 4 aromatic rings. The summed E-state index contributed by atoms with van der Waals surface area (Å²) in [6, 6.07) is 8.03. The number of halogens is 3. The largest absolute Gasteiger partial charge is 0.573 e. The van der Waals surface area contributed by atoms with Crippen molar-refractivity contribution in [3.8, 4) is 22.1 Å². The first-order chi connectivity index (χ1) is 15.2. The molecule has 4 rings (SSSR count). The van der Waals surface area contributed by atoms with Crippen LogP contribution in [0, 0.1) is 13.8 Å². The Hall–Kier alpha value is -3.40. The number of hydrogen-bond donors (Lipinski definition) is 1. The lowest BCUT2D eigenvalue weighted by atomic mass is 10.1. The van der Waals surface area contributed by atoms with E-state index in [2.05, 4.69) is 25.1 Å². The normalized spacial score (nSPS) is 11.6. The number of hydrogen-bond acceptors (Lipinski definition) is 6. The van der Waals surface area contributed by atoms with Crippen molar-refractivity contribution in [3.05, 3.63) is 64.9 Å².